The van der Waals surface area contributed by atoms with Gasteiger partial charge in [0.2, 0.25) is 0 Å². The summed E-state index contributed by atoms with van der Waals surface area (Å²) in [4.78, 5) is 26.0. The predicted molar refractivity (Wildman–Crippen MR) is 87.4 cm³/mol. The number of hydrogen-bond donors (Lipinski definition) is 0. The third-order valence-electron chi connectivity index (χ3n) is 3.94. The highest BCUT2D eigenvalue weighted by molar-refractivity contribution is 5.89. The zero-order valence-electron chi connectivity index (χ0n) is 14.5. The van der Waals surface area contributed by atoms with Crippen LogP contribution >= 0.6 is 0 Å². The fourth-order valence-electron chi connectivity index (χ4n) is 2.87. The zero-order valence-corrected chi connectivity index (χ0v) is 14.5. The van der Waals surface area contributed by atoms with E-state index < -0.39 is 5.60 Å². The maximum Gasteiger partial charge on any atom is 0.410 e. The molecule has 1 fully saturated rings. The molecular formula is C18H25NO4. The van der Waals surface area contributed by atoms with Crippen molar-refractivity contribution in [1.82, 2.24) is 4.90 Å². The monoisotopic (exact) mass is 319 g/mol. The van der Waals surface area contributed by atoms with E-state index >= 15 is 0 Å². The van der Waals surface area contributed by atoms with E-state index in [1.165, 1.54) is 7.11 Å². The lowest BCUT2D eigenvalue weighted by Gasteiger charge is -2.29. The SMILES string of the molecule is COC(=O)c1ccc(C)c(C2CCCN2C(=O)OC(C)(C)C)c1. The summed E-state index contributed by atoms with van der Waals surface area (Å²) in [5.74, 6) is -0.368. The molecule has 5 nitrogen and oxygen atoms in total. The molecule has 5 heteroatoms. The van der Waals surface area contributed by atoms with Crippen LogP contribution in [0.2, 0.25) is 0 Å². The lowest BCUT2D eigenvalue weighted by Crippen LogP contribution is -2.36. The second-order valence-electron chi connectivity index (χ2n) is 6.89. The number of esters is 1. The fourth-order valence-corrected chi connectivity index (χ4v) is 2.87. The van der Waals surface area contributed by atoms with Gasteiger partial charge < -0.3 is 14.4 Å². The summed E-state index contributed by atoms with van der Waals surface area (Å²) in [5, 5.41) is 0. The molecule has 1 atom stereocenters. The van der Waals surface area contributed by atoms with Gasteiger partial charge in [-0.15, -0.1) is 0 Å². The topological polar surface area (TPSA) is 55.8 Å². The smallest absolute Gasteiger partial charge is 0.410 e. The zero-order chi connectivity index (χ0) is 17.2. The number of methoxy groups -OCH3 is 1. The van der Waals surface area contributed by atoms with Crippen LogP contribution in [0.15, 0.2) is 18.2 Å². The van der Waals surface area contributed by atoms with Crippen LogP contribution in [0.3, 0.4) is 0 Å². The fraction of sp³-hybridized carbons (Fsp3) is 0.556. The molecule has 1 amide bonds. The molecule has 0 aliphatic carbocycles. The highest BCUT2D eigenvalue weighted by Gasteiger charge is 2.34. The van der Waals surface area contributed by atoms with Crippen molar-refractivity contribution in [2.75, 3.05) is 13.7 Å². The Morgan fingerprint density at radius 3 is 2.57 bits per heavy atom. The summed E-state index contributed by atoms with van der Waals surface area (Å²) in [5.41, 5.74) is 2.02. The summed E-state index contributed by atoms with van der Waals surface area (Å²) in [7, 11) is 1.37. The van der Waals surface area contributed by atoms with Crippen molar-refractivity contribution in [3.63, 3.8) is 0 Å². The third kappa shape index (κ3) is 4.03. The summed E-state index contributed by atoms with van der Waals surface area (Å²) < 4.78 is 10.3. The van der Waals surface area contributed by atoms with Crippen molar-refractivity contribution < 1.29 is 19.1 Å². The van der Waals surface area contributed by atoms with E-state index in [-0.39, 0.29) is 18.1 Å². The molecule has 126 valence electrons. The molecule has 0 N–H and O–H groups in total. The molecule has 2 rings (SSSR count). The highest BCUT2D eigenvalue weighted by atomic mass is 16.6. The third-order valence-corrected chi connectivity index (χ3v) is 3.94. The molecule has 0 bridgehead atoms. The van der Waals surface area contributed by atoms with Gasteiger partial charge >= 0.3 is 12.1 Å². The standard InChI is InChI=1S/C18H25NO4/c1-12-8-9-13(16(20)22-5)11-14(12)15-7-6-10-19(15)17(21)23-18(2,3)4/h8-9,11,15H,6-7,10H2,1-5H3. The largest absolute Gasteiger partial charge is 0.465 e. The molecule has 1 aliphatic heterocycles. The number of aryl methyl sites for hydroxylation is 1. The number of amides is 1. The quantitative estimate of drug-likeness (QED) is 0.777. The Kier molecular flexibility index (Phi) is 4.97. The van der Waals surface area contributed by atoms with Gasteiger partial charge in [-0.05, 0) is 63.8 Å². The van der Waals surface area contributed by atoms with Gasteiger partial charge in [0.25, 0.3) is 0 Å². The van der Waals surface area contributed by atoms with Gasteiger partial charge in [0.15, 0.2) is 0 Å². The minimum absolute atomic E-state index is 0.0607. The summed E-state index contributed by atoms with van der Waals surface area (Å²) in [6, 6.07) is 5.41. The number of ether oxygens (including phenoxy) is 2. The van der Waals surface area contributed by atoms with Crippen LogP contribution in [0.25, 0.3) is 0 Å². The van der Waals surface area contributed by atoms with Crippen molar-refractivity contribution in [2.24, 2.45) is 0 Å². The minimum Gasteiger partial charge on any atom is -0.465 e. The van der Waals surface area contributed by atoms with Crippen LogP contribution in [0.5, 0.6) is 0 Å². The highest BCUT2D eigenvalue weighted by Crippen LogP contribution is 2.35. The number of nitrogens with zero attached hydrogens (tertiary/aromatic N) is 1. The molecule has 0 saturated carbocycles. The number of carbonyl (C=O) groups is 2. The number of hydrogen-bond acceptors (Lipinski definition) is 4. The average molecular weight is 319 g/mol. The molecule has 1 unspecified atom stereocenters. The van der Waals surface area contributed by atoms with Gasteiger partial charge in [-0.2, -0.15) is 0 Å². The van der Waals surface area contributed by atoms with Crippen molar-refractivity contribution in [1.29, 1.82) is 0 Å². The molecule has 1 aromatic carbocycles. The number of rotatable bonds is 2. The van der Waals surface area contributed by atoms with Gasteiger partial charge in [0.1, 0.15) is 5.60 Å². The van der Waals surface area contributed by atoms with Crippen LogP contribution in [0.1, 0.15) is 61.1 Å². The molecule has 1 aromatic rings. The first-order valence-electron chi connectivity index (χ1n) is 7.91. The van der Waals surface area contributed by atoms with E-state index in [2.05, 4.69) is 0 Å². The van der Waals surface area contributed by atoms with Crippen LogP contribution in [0, 0.1) is 6.92 Å². The normalized spacial score (nSPS) is 18.0. The summed E-state index contributed by atoms with van der Waals surface area (Å²) in [6.07, 6.45) is 1.49. The van der Waals surface area contributed by atoms with Crippen molar-refractivity contribution in [3.05, 3.63) is 34.9 Å². The lowest BCUT2D eigenvalue weighted by molar-refractivity contribution is 0.0224. The second-order valence-corrected chi connectivity index (χ2v) is 6.89. The van der Waals surface area contributed by atoms with E-state index in [9.17, 15) is 9.59 Å². The molecule has 23 heavy (non-hydrogen) atoms. The van der Waals surface area contributed by atoms with Crippen LogP contribution < -0.4 is 0 Å². The first-order valence-corrected chi connectivity index (χ1v) is 7.91. The molecule has 1 aliphatic rings. The van der Waals surface area contributed by atoms with Gasteiger partial charge in [-0.25, -0.2) is 9.59 Å². The Morgan fingerprint density at radius 2 is 1.96 bits per heavy atom. The summed E-state index contributed by atoms with van der Waals surface area (Å²) >= 11 is 0. The van der Waals surface area contributed by atoms with E-state index in [1.54, 1.807) is 11.0 Å². The molecular weight excluding hydrogens is 294 g/mol. The van der Waals surface area contributed by atoms with E-state index in [0.717, 1.165) is 24.0 Å². The Hall–Kier alpha value is -2.04. The Bertz CT molecular complexity index is 604. The first kappa shape index (κ1) is 17.3. The molecule has 0 radical (unpaired) electrons. The Morgan fingerprint density at radius 1 is 1.26 bits per heavy atom. The Labute approximate surface area is 137 Å². The van der Waals surface area contributed by atoms with Crippen LogP contribution in [-0.4, -0.2) is 36.2 Å². The molecule has 1 heterocycles. The van der Waals surface area contributed by atoms with Gasteiger partial charge in [-0.1, -0.05) is 6.07 Å². The maximum atomic E-state index is 12.4. The van der Waals surface area contributed by atoms with E-state index in [4.69, 9.17) is 9.47 Å². The van der Waals surface area contributed by atoms with Crippen molar-refractivity contribution in [2.45, 2.75) is 52.2 Å². The van der Waals surface area contributed by atoms with Crippen molar-refractivity contribution >= 4 is 12.1 Å². The van der Waals surface area contributed by atoms with Crippen LogP contribution in [-0.2, 0) is 9.47 Å². The van der Waals surface area contributed by atoms with Crippen molar-refractivity contribution in [3.8, 4) is 0 Å². The average Bonchev–Trinajstić information content (AvgIpc) is 2.94. The second kappa shape index (κ2) is 6.60. The molecule has 0 spiro atoms. The van der Waals surface area contributed by atoms with Gasteiger partial charge in [0.05, 0.1) is 18.7 Å². The Balaban J connectivity index is 2.29. The predicted octanol–water partition coefficient (Wildman–Crippen LogP) is 3.85. The van der Waals surface area contributed by atoms with E-state index in [1.807, 2.05) is 39.8 Å². The molecule has 1 saturated heterocycles. The lowest BCUT2D eigenvalue weighted by atomic mass is 9.97. The molecule has 0 aromatic heterocycles. The number of benzene rings is 1. The number of carbonyl (C=O) groups excluding carboxylic acids is 2. The van der Waals surface area contributed by atoms with Gasteiger partial charge in [0, 0.05) is 6.54 Å². The first-order chi connectivity index (χ1) is 10.7. The minimum atomic E-state index is -0.521. The maximum absolute atomic E-state index is 12.4. The van der Waals surface area contributed by atoms with E-state index in [0.29, 0.717) is 12.1 Å². The van der Waals surface area contributed by atoms with Crippen LogP contribution in [0.4, 0.5) is 4.79 Å². The van der Waals surface area contributed by atoms with Gasteiger partial charge in [-0.3, -0.25) is 0 Å². The summed E-state index contributed by atoms with van der Waals surface area (Å²) in [6.45, 7) is 8.24. The number of likely N-dealkylation sites (tertiary alicyclic amines) is 1.